The summed E-state index contributed by atoms with van der Waals surface area (Å²) >= 11 is 1.40. The standard InChI is InChI=1S/C11H15NO6S3/c1-20(15,16)6-7-21(17,18)12-4-2-9-8(3-5-19-9)10(12)11(13)14/h3,5,10H,2,4,6-7H2,1H3,(H,13,14). The van der Waals surface area contributed by atoms with Gasteiger partial charge in [0.15, 0.2) is 0 Å². The summed E-state index contributed by atoms with van der Waals surface area (Å²) in [6.07, 6.45) is 1.39. The number of carbonyl (C=O) groups is 1. The predicted molar refractivity (Wildman–Crippen MR) is 78.6 cm³/mol. The molecule has 118 valence electrons. The summed E-state index contributed by atoms with van der Waals surface area (Å²) in [6.45, 7) is 0.0522. The lowest BCUT2D eigenvalue weighted by Crippen LogP contribution is -2.44. The molecule has 1 unspecified atom stereocenters. The van der Waals surface area contributed by atoms with E-state index in [0.29, 0.717) is 12.0 Å². The number of carboxylic acid groups (broad SMARTS) is 1. The fraction of sp³-hybridized carbons (Fsp3) is 0.545. The molecule has 7 nitrogen and oxygen atoms in total. The Morgan fingerprint density at radius 1 is 1.38 bits per heavy atom. The molecule has 1 aliphatic heterocycles. The summed E-state index contributed by atoms with van der Waals surface area (Å²) in [5.41, 5.74) is 0.474. The number of hydrogen-bond donors (Lipinski definition) is 1. The summed E-state index contributed by atoms with van der Waals surface area (Å²) in [6, 6.07) is 0.335. The van der Waals surface area contributed by atoms with Gasteiger partial charge in [-0.15, -0.1) is 11.3 Å². The van der Waals surface area contributed by atoms with Crippen molar-refractivity contribution >= 4 is 37.2 Å². The maximum absolute atomic E-state index is 12.3. The second-order valence-electron chi connectivity index (χ2n) is 4.85. The Hall–Kier alpha value is -0.970. The third-order valence-corrected chi connectivity index (χ3v) is 7.25. The van der Waals surface area contributed by atoms with Crippen molar-refractivity contribution in [2.24, 2.45) is 0 Å². The Labute approximate surface area is 127 Å². The van der Waals surface area contributed by atoms with Crippen molar-refractivity contribution in [2.75, 3.05) is 24.3 Å². The Balaban J connectivity index is 2.32. The van der Waals surface area contributed by atoms with Crippen LogP contribution in [0.5, 0.6) is 0 Å². The van der Waals surface area contributed by atoms with Crippen LogP contribution in [0, 0.1) is 0 Å². The van der Waals surface area contributed by atoms with E-state index in [4.69, 9.17) is 0 Å². The van der Waals surface area contributed by atoms with Gasteiger partial charge in [-0.2, -0.15) is 4.31 Å². The predicted octanol–water partition coefficient (Wildman–Crippen LogP) is 0.106. The van der Waals surface area contributed by atoms with Crippen molar-refractivity contribution in [2.45, 2.75) is 12.5 Å². The summed E-state index contributed by atoms with van der Waals surface area (Å²) in [5, 5.41) is 11.1. The van der Waals surface area contributed by atoms with Crippen molar-refractivity contribution in [1.82, 2.24) is 4.31 Å². The van der Waals surface area contributed by atoms with Gasteiger partial charge in [-0.25, -0.2) is 16.8 Å². The van der Waals surface area contributed by atoms with E-state index in [-0.39, 0.29) is 6.54 Å². The van der Waals surface area contributed by atoms with Crippen LogP contribution in [0.25, 0.3) is 0 Å². The van der Waals surface area contributed by atoms with Crippen LogP contribution in [0.3, 0.4) is 0 Å². The largest absolute Gasteiger partial charge is 0.480 e. The van der Waals surface area contributed by atoms with E-state index >= 15 is 0 Å². The molecule has 0 bridgehead atoms. The van der Waals surface area contributed by atoms with E-state index in [9.17, 15) is 26.7 Å². The molecule has 21 heavy (non-hydrogen) atoms. The van der Waals surface area contributed by atoms with Gasteiger partial charge in [-0.05, 0) is 23.4 Å². The van der Waals surface area contributed by atoms with Crippen molar-refractivity contribution in [3.05, 3.63) is 21.9 Å². The fourth-order valence-corrected chi connectivity index (χ4v) is 6.31. The first-order valence-electron chi connectivity index (χ1n) is 6.08. The number of fused-ring (bicyclic) bond motifs is 1. The highest BCUT2D eigenvalue weighted by atomic mass is 32.2. The lowest BCUT2D eigenvalue weighted by molar-refractivity contribution is -0.142. The van der Waals surface area contributed by atoms with Crippen LogP contribution in [0.4, 0.5) is 0 Å². The SMILES string of the molecule is CS(=O)(=O)CCS(=O)(=O)N1CCc2sccc2C1C(=O)O. The molecule has 1 aromatic heterocycles. The quantitative estimate of drug-likeness (QED) is 0.804. The van der Waals surface area contributed by atoms with Gasteiger partial charge in [0.1, 0.15) is 15.9 Å². The first kappa shape index (κ1) is 16.4. The minimum Gasteiger partial charge on any atom is -0.480 e. The normalized spacial score (nSPS) is 20.1. The van der Waals surface area contributed by atoms with Gasteiger partial charge in [0.05, 0.1) is 11.5 Å². The molecule has 1 atom stereocenters. The molecule has 0 aromatic carbocycles. The van der Waals surface area contributed by atoms with Crippen LogP contribution in [-0.2, 0) is 31.1 Å². The highest BCUT2D eigenvalue weighted by molar-refractivity contribution is 7.93. The van der Waals surface area contributed by atoms with E-state index in [1.54, 1.807) is 11.4 Å². The van der Waals surface area contributed by atoms with Gasteiger partial charge in [-0.1, -0.05) is 0 Å². The number of carboxylic acids is 1. The minimum atomic E-state index is -3.95. The Kier molecular flexibility index (Phi) is 4.43. The zero-order valence-corrected chi connectivity index (χ0v) is 13.7. The Morgan fingerprint density at radius 2 is 2.05 bits per heavy atom. The zero-order valence-electron chi connectivity index (χ0n) is 11.2. The molecule has 0 saturated carbocycles. The van der Waals surface area contributed by atoms with Crippen LogP contribution in [0.15, 0.2) is 11.4 Å². The summed E-state index contributed by atoms with van der Waals surface area (Å²) in [7, 11) is -7.39. The molecule has 0 amide bonds. The van der Waals surface area contributed by atoms with Gasteiger partial charge in [-0.3, -0.25) is 4.79 Å². The van der Waals surface area contributed by atoms with Crippen molar-refractivity contribution in [1.29, 1.82) is 0 Å². The molecule has 2 heterocycles. The molecule has 0 saturated heterocycles. The van der Waals surface area contributed by atoms with Crippen LogP contribution in [0.2, 0.25) is 0 Å². The summed E-state index contributed by atoms with van der Waals surface area (Å²) in [5.74, 6) is -2.37. The lowest BCUT2D eigenvalue weighted by atomic mass is 10.0. The third-order valence-electron chi connectivity index (χ3n) is 3.22. The first-order valence-corrected chi connectivity index (χ1v) is 10.6. The molecule has 1 aromatic rings. The van der Waals surface area contributed by atoms with E-state index in [0.717, 1.165) is 15.4 Å². The van der Waals surface area contributed by atoms with E-state index in [2.05, 4.69) is 0 Å². The zero-order chi connectivity index (χ0) is 15.8. The van der Waals surface area contributed by atoms with Gasteiger partial charge in [0.2, 0.25) is 10.0 Å². The highest BCUT2D eigenvalue weighted by Gasteiger charge is 2.40. The number of hydrogen-bond acceptors (Lipinski definition) is 6. The van der Waals surface area contributed by atoms with Gasteiger partial charge in [0.25, 0.3) is 0 Å². The van der Waals surface area contributed by atoms with Crippen LogP contribution < -0.4 is 0 Å². The topological polar surface area (TPSA) is 109 Å². The van der Waals surface area contributed by atoms with Crippen LogP contribution in [-0.4, -0.2) is 56.5 Å². The van der Waals surface area contributed by atoms with E-state index in [1.807, 2.05) is 0 Å². The number of sulfonamides is 1. The monoisotopic (exact) mass is 353 g/mol. The van der Waals surface area contributed by atoms with Crippen molar-refractivity contribution in [3.8, 4) is 0 Å². The average molecular weight is 353 g/mol. The molecule has 0 aliphatic carbocycles. The number of sulfone groups is 1. The second kappa shape index (κ2) is 5.67. The Morgan fingerprint density at radius 3 is 2.62 bits per heavy atom. The number of nitrogens with zero attached hydrogens (tertiary/aromatic N) is 1. The molecular weight excluding hydrogens is 338 g/mol. The molecule has 1 aliphatic rings. The van der Waals surface area contributed by atoms with Gasteiger partial charge >= 0.3 is 5.97 Å². The fourth-order valence-electron chi connectivity index (χ4n) is 2.22. The minimum absolute atomic E-state index is 0.0522. The van der Waals surface area contributed by atoms with Gasteiger partial charge < -0.3 is 5.11 Å². The molecule has 10 heteroatoms. The van der Waals surface area contributed by atoms with E-state index < -0.39 is 43.4 Å². The molecular formula is C11H15NO6S3. The van der Waals surface area contributed by atoms with Gasteiger partial charge in [0, 0.05) is 17.7 Å². The molecule has 0 radical (unpaired) electrons. The number of thiophene rings is 1. The van der Waals surface area contributed by atoms with Crippen LogP contribution >= 0.6 is 11.3 Å². The second-order valence-corrected chi connectivity index (χ2v) is 10.1. The highest BCUT2D eigenvalue weighted by Crippen LogP contribution is 2.35. The molecule has 2 rings (SSSR count). The molecule has 0 spiro atoms. The third kappa shape index (κ3) is 3.62. The maximum Gasteiger partial charge on any atom is 0.326 e. The first-order chi connectivity index (χ1) is 9.62. The van der Waals surface area contributed by atoms with Crippen molar-refractivity contribution in [3.63, 3.8) is 0 Å². The average Bonchev–Trinajstić information content (AvgIpc) is 2.82. The molecule has 0 fully saturated rings. The summed E-state index contributed by atoms with van der Waals surface area (Å²) in [4.78, 5) is 12.3. The molecule has 1 N–H and O–H groups in total. The smallest absolute Gasteiger partial charge is 0.326 e. The van der Waals surface area contributed by atoms with Crippen molar-refractivity contribution < 1.29 is 26.7 Å². The summed E-state index contributed by atoms with van der Waals surface area (Å²) < 4.78 is 47.7. The number of aliphatic carboxylic acids is 1. The van der Waals surface area contributed by atoms with E-state index in [1.165, 1.54) is 11.3 Å². The lowest BCUT2D eigenvalue weighted by Gasteiger charge is -2.32. The maximum atomic E-state index is 12.3. The Bertz CT molecular complexity index is 749. The van der Waals surface area contributed by atoms with Crippen LogP contribution in [0.1, 0.15) is 16.5 Å². The number of rotatable bonds is 5.